The van der Waals surface area contributed by atoms with E-state index in [2.05, 4.69) is 9.97 Å². The molecule has 0 amide bonds. The van der Waals surface area contributed by atoms with Crippen LogP contribution in [0.3, 0.4) is 0 Å². The number of aromatic hydroxyl groups is 1. The Hall–Kier alpha value is -2.35. The van der Waals surface area contributed by atoms with Crippen LogP contribution in [-0.4, -0.2) is 40.5 Å². The normalized spacial score (nSPS) is 12.5. The fraction of sp³-hybridized carbons (Fsp3) is 0.235. The second-order valence-corrected chi connectivity index (χ2v) is 5.78. The van der Waals surface area contributed by atoms with Crippen molar-refractivity contribution in [2.45, 2.75) is 6.10 Å². The fourth-order valence-electron chi connectivity index (χ4n) is 2.55. The third kappa shape index (κ3) is 3.39. The van der Waals surface area contributed by atoms with Crippen molar-refractivity contribution in [2.24, 2.45) is 0 Å². The summed E-state index contributed by atoms with van der Waals surface area (Å²) in [4.78, 5) is 6.98. The largest absolute Gasteiger partial charge is 0.504 e. The van der Waals surface area contributed by atoms with E-state index in [0.29, 0.717) is 28.2 Å². The Morgan fingerprint density at radius 2 is 2.16 bits per heavy atom. The maximum Gasteiger partial charge on any atom is 0.166 e. The number of fused-ring (bicyclic) bond motifs is 1. The Balaban J connectivity index is 2.02. The number of pyridine rings is 1. The average Bonchev–Trinajstić information content (AvgIpc) is 3.00. The SMILES string of the molecule is COCCOc1ccc(F)c(C(O)c2c[nH]c3ncc(Cl)cc23)c1O. The molecule has 3 rings (SSSR count). The molecule has 0 aliphatic carbocycles. The molecule has 0 bridgehead atoms. The first-order chi connectivity index (χ1) is 12.0. The number of hydrogen-bond donors (Lipinski definition) is 3. The highest BCUT2D eigenvalue weighted by Crippen LogP contribution is 2.40. The van der Waals surface area contributed by atoms with Crippen molar-refractivity contribution in [3.63, 3.8) is 0 Å². The lowest BCUT2D eigenvalue weighted by Gasteiger charge is -2.16. The van der Waals surface area contributed by atoms with Gasteiger partial charge in [0, 0.05) is 30.5 Å². The van der Waals surface area contributed by atoms with Crippen molar-refractivity contribution in [1.82, 2.24) is 9.97 Å². The van der Waals surface area contributed by atoms with Gasteiger partial charge >= 0.3 is 0 Å². The van der Waals surface area contributed by atoms with E-state index in [-0.39, 0.29) is 17.9 Å². The van der Waals surface area contributed by atoms with Crippen LogP contribution in [0.5, 0.6) is 11.5 Å². The number of benzene rings is 1. The third-order valence-electron chi connectivity index (χ3n) is 3.77. The number of nitrogens with one attached hydrogen (secondary N) is 1. The van der Waals surface area contributed by atoms with Gasteiger partial charge in [-0.3, -0.25) is 0 Å². The van der Waals surface area contributed by atoms with Gasteiger partial charge in [0.1, 0.15) is 24.2 Å². The molecule has 0 aliphatic heterocycles. The molecule has 0 radical (unpaired) electrons. The van der Waals surface area contributed by atoms with Crippen LogP contribution in [-0.2, 0) is 4.74 Å². The van der Waals surface area contributed by atoms with Crippen molar-refractivity contribution in [2.75, 3.05) is 20.3 Å². The minimum atomic E-state index is -1.43. The molecule has 3 N–H and O–H groups in total. The van der Waals surface area contributed by atoms with Crippen LogP contribution in [0.4, 0.5) is 4.39 Å². The predicted octanol–water partition coefficient (Wildman–Crippen LogP) is 3.17. The molecule has 6 nitrogen and oxygen atoms in total. The highest BCUT2D eigenvalue weighted by atomic mass is 35.5. The third-order valence-corrected chi connectivity index (χ3v) is 3.98. The first kappa shape index (κ1) is 17.5. The molecule has 25 heavy (non-hydrogen) atoms. The van der Waals surface area contributed by atoms with E-state index in [1.165, 1.54) is 25.6 Å². The van der Waals surface area contributed by atoms with E-state index in [1.54, 1.807) is 6.07 Å². The number of phenols is 1. The number of methoxy groups -OCH3 is 1. The van der Waals surface area contributed by atoms with Crippen molar-refractivity contribution in [3.05, 3.63) is 52.6 Å². The summed E-state index contributed by atoms with van der Waals surface area (Å²) < 4.78 is 24.5. The van der Waals surface area contributed by atoms with Crippen LogP contribution >= 0.6 is 11.6 Å². The maximum absolute atomic E-state index is 14.3. The van der Waals surface area contributed by atoms with E-state index in [4.69, 9.17) is 21.1 Å². The topological polar surface area (TPSA) is 87.6 Å². The fourth-order valence-corrected chi connectivity index (χ4v) is 2.71. The van der Waals surface area contributed by atoms with Gasteiger partial charge in [0.2, 0.25) is 0 Å². The Bertz CT molecular complexity index is 900. The smallest absolute Gasteiger partial charge is 0.166 e. The Morgan fingerprint density at radius 3 is 2.92 bits per heavy atom. The molecule has 0 saturated carbocycles. The van der Waals surface area contributed by atoms with Crippen LogP contribution < -0.4 is 4.74 Å². The first-order valence-corrected chi connectivity index (χ1v) is 7.84. The zero-order chi connectivity index (χ0) is 18.0. The first-order valence-electron chi connectivity index (χ1n) is 7.46. The molecule has 1 atom stereocenters. The van der Waals surface area contributed by atoms with E-state index < -0.39 is 17.7 Å². The van der Waals surface area contributed by atoms with Gasteiger partial charge in [0.25, 0.3) is 0 Å². The van der Waals surface area contributed by atoms with Crippen molar-refractivity contribution in [3.8, 4) is 11.5 Å². The average molecular weight is 367 g/mol. The summed E-state index contributed by atoms with van der Waals surface area (Å²) in [5.41, 5.74) is 0.551. The standard InChI is InChI=1S/C17H16ClFN2O4/c1-24-4-5-25-13-3-2-12(19)14(16(13)23)15(22)11-8-21-17-10(11)6-9(18)7-20-17/h2-3,6-8,15,22-23H,4-5H2,1H3,(H,20,21). The number of aliphatic hydroxyl groups excluding tert-OH is 1. The number of nitrogens with zero attached hydrogens (tertiary/aromatic N) is 1. The molecule has 8 heteroatoms. The lowest BCUT2D eigenvalue weighted by molar-refractivity contribution is 0.143. The molecular formula is C17H16ClFN2O4. The molecule has 132 valence electrons. The van der Waals surface area contributed by atoms with E-state index in [9.17, 15) is 14.6 Å². The Labute approximate surface area is 147 Å². The number of aromatic nitrogens is 2. The quantitative estimate of drug-likeness (QED) is 0.583. The summed E-state index contributed by atoms with van der Waals surface area (Å²) in [6.07, 6.45) is 1.52. The van der Waals surface area contributed by atoms with Gasteiger partial charge in [-0.2, -0.15) is 0 Å². The minimum Gasteiger partial charge on any atom is -0.504 e. The van der Waals surface area contributed by atoms with E-state index in [0.717, 1.165) is 6.07 Å². The second kappa shape index (κ2) is 7.26. The number of aliphatic hydroxyl groups is 1. The van der Waals surface area contributed by atoms with Gasteiger partial charge in [-0.25, -0.2) is 9.37 Å². The molecule has 0 fully saturated rings. The molecule has 2 heterocycles. The molecule has 1 unspecified atom stereocenters. The van der Waals surface area contributed by atoms with Gasteiger partial charge < -0.3 is 24.7 Å². The summed E-state index contributed by atoms with van der Waals surface area (Å²) in [7, 11) is 1.51. The van der Waals surface area contributed by atoms with Gasteiger partial charge in [-0.05, 0) is 18.2 Å². The van der Waals surface area contributed by atoms with Crippen LogP contribution in [0.1, 0.15) is 17.2 Å². The minimum absolute atomic E-state index is 0.0588. The van der Waals surface area contributed by atoms with Crippen molar-refractivity contribution >= 4 is 22.6 Å². The maximum atomic E-state index is 14.3. The van der Waals surface area contributed by atoms with Gasteiger partial charge in [0.15, 0.2) is 11.5 Å². The summed E-state index contributed by atoms with van der Waals surface area (Å²) in [5.74, 6) is -1.16. The van der Waals surface area contributed by atoms with Gasteiger partial charge in [-0.15, -0.1) is 0 Å². The lowest BCUT2D eigenvalue weighted by atomic mass is 9.99. The molecule has 0 aliphatic rings. The summed E-state index contributed by atoms with van der Waals surface area (Å²) in [5, 5.41) is 21.9. The number of ether oxygens (including phenoxy) is 2. The number of phenolic OH excluding ortho intramolecular Hbond substituents is 1. The molecule has 0 spiro atoms. The van der Waals surface area contributed by atoms with Crippen molar-refractivity contribution in [1.29, 1.82) is 0 Å². The van der Waals surface area contributed by atoms with Crippen LogP contribution in [0.15, 0.2) is 30.6 Å². The molecule has 1 aromatic carbocycles. The lowest BCUT2D eigenvalue weighted by Crippen LogP contribution is -2.07. The monoisotopic (exact) mass is 366 g/mol. The molecule has 2 aromatic heterocycles. The van der Waals surface area contributed by atoms with E-state index >= 15 is 0 Å². The molecule has 0 saturated heterocycles. The van der Waals surface area contributed by atoms with Crippen LogP contribution in [0, 0.1) is 5.82 Å². The Kier molecular flexibility index (Phi) is 5.08. The Morgan fingerprint density at radius 1 is 1.36 bits per heavy atom. The number of H-pyrrole nitrogens is 1. The number of aromatic amines is 1. The summed E-state index contributed by atoms with van der Waals surface area (Å²) >= 11 is 5.94. The predicted molar refractivity (Wildman–Crippen MR) is 90.6 cm³/mol. The van der Waals surface area contributed by atoms with E-state index in [1.807, 2.05) is 0 Å². The summed E-state index contributed by atoms with van der Waals surface area (Å²) in [6, 6.07) is 4.03. The highest BCUT2D eigenvalue weighted by Gasteiger charge is 2.25. The number of hydrogen-bond acceptors (Lipinski definition) is 5. The summed E-state index contributed by atoms with van der Waals surface area (Å²) in [6.45, 7) is 0.485. The highest BCUT2D eigenvalue weighted by molar-refractivity contribution is 6.31. The number of rotatable bonds is 6. The van der Waals surface area contributed by atoms with Crippen molar-refractivity contribution < 1.29 is 24.1 Å². The zero-order valence-corrected chi connectivity index (χ0v) is 14.0. The molecular weight excluding hydrogens is 351 g/mol. The van der Waals surface area contributed by atoms with Gasteiger partial charge in [0.05, 0.1) is 17.2 Å². The molecule has 3 aromatic rings. The van der Waals surface area contributed by atoms with Crippen LogP contribution in [0.2, 0.25) is 5.02 Å². The van der Waals surface area contributed by atoms with Crippen LogP contribution in [0.25, 0.3) is 11.0 Å². The van der Waals surface area contributed by atoms with Gasteiger partial charge in [-0.1, -0.05) is 11.6 Å². The second-order valence-electron chi connectivity index (χ2n) is 5.35. The zero-order valence-electron chi connectivity index (χ0n) is 13.3. The number of halogens is 2.